The molecule has 5 heteroatoms. The van der Waals surface area contributed by atoms with Crippen molar-refractivity contribution in [2.75, 3.05) is 0 Å². The molecule has 0 N–H and O–H groups in total. The van der Waals surface area contributed by atoms with Crippen LogP contribution in [0.3, 0.4) is 0 Å². The third-order valence-electron chi connectivity index (χ3n) is 10.6. The first-order valence-corrected chi connectivity index (χ1v) is 18.8. The molecule has 8 aromatic carbocycles. The first-order valence-electron chi connectivity index (χ1n) is 18.8. The lowest BCUT2D eigenvalue weighted by Gasteiger charge is -2.14. The second-order valence-electron chi connectivity index (χ2n) is 14.0. The maximum absolute atomic E-state index is 6.71. The van der Waals surface area contributed by atoms with Crippen molar-refractivity contribution in [1.82, 2.24) is 19.5 Å². The Morgan fingerprint density at radius 2 is 0.946 bits per heavy atom. The van der Waals surface area contributed by atoms with E-state index in [9.17, 15) is 0 Å². The highest BCUT2D eigenvalue weighted by Crippen LogP contribution is 2.43. The van der Waals surface area contributed by atoms with Crippen molar-refractivity contribution in [3.8, 4) is 62.1 Å². The van der Waals surface area contributed by atoms with Crippen LogP contribution in [0.2, 0.25) is 0 Å². The van der Waals surface area contributed by atoms with Gasteiger partial charge in [-0.15, -0.1) is 0 Å². The zero-order chi connectivity index (χ0) is 37.0. The zero-order valence-corrected chi connectivity index (χ0v) is 30.2. The topological polar surface area (TPSA) is 56.7 Å². The average molecular weight is 717 g/mol. The lowest BCUT2D eigenvalue weighted by Crippen LogP contribution is -2.00. The largest absolute Gasteiger partial charge is 0.456 e. The highest BCUT2D eigenvalue weighted by atomic mass is 16.3. The van der Waals surface area contributed by atoms with E-state index in [1.54, 1.807) is 0 Å². The van der Waals surface area contributed by atoms with Crippen molar-refractivity contribution in [2.45, 2.75) is 0 Å². The van der Waals surface area contributed by atoms with Crippen molar-refractivity contribution in [3.63, 3.8) is 0 Å². The molecule has 11 rings (SSSR count). The standard InChI is InChI=1S/C51H32N4O/c1-5-16-33(17-6-1)37-30-42(34-18-7-2-8-19-34)48-43(31-37)39-24-13-14-26-44(39)55(48)38-28-29-40-46(32-38)56-45-27-15-25-41(47(40)45)51-53-49(35-20-9-3-10-21-35)52-50(54-51)36-22-11-4-12-23-36/h1-32H. The second kappa shape index (κ2) is 13.0. The summed E-state index contributed by atoms with van der Waals surface area (Å²) >= 11 is 0. The highest BCUT2D eigenvalue weighted by Gasteiger charge is 2.21. The number of para-hydroxylation sites is 1. The number of rotatable bonds is 6. The van der Waals surface area contributed by atoms with Crippen LogP contribution < -0.4 is 0 Å². The SMILES string of the molecule is c1ccc(-c2cc(-c3ccccc3)c3c(c2)c2ccccc2n3-c2ccc3c(c2)oc2cccc(-c4nc(-c5ccccc5)nc(-c5ccccc5)n4)c23)cc1. The second-order valence-corrected chi connectivity index (χ2v) is 14.0. The minimum atomic E-state index is 0.596. The molecule has 5 nitrogen and oxygen atoms in total. The molecule has 11 aromatic rings. The van der Waals surface area contributed by atoms with E-state index in [0.717, 1.165) is 60.9 Å². The van der Waals surface area contributed by atoms with Crippen LogP contribution in [-0.2, 0) is 0 Å². The fourth-order valence-electron chi connectivity index (χ4n) is 8.07. The van der Waals surface area contributed by atoms with Crippen molar-refractivity contribution in [1.29, 1.82) is 0 Å². The number of furan rings is 1. The molecule has 3 heterocycles. The van der Waals surface area contributed by atoms with E-state index in [1.165, 1.54) is 27.5 Å². The Morgan fingerprint density at radius 1 is 0.357 bits per heavy atom. The van der Waals surface area contributed by atoms with E-state index in [1.807, 2.05) is 72.8 Å². The summed E-state index contributed by atoms with van der Waals surface area (Å²) in [6, 6.07) is 67.5. The van der Waals surface area contributed by atoms with E-state index in [0.29, 0.717) is 17.5 Å². The first-order chi connectivity index (χ1) is 27.8. The van der Waals surface area contributed by atoms with Gasteiger partial charge in [-0.05, 0) is 53.1 Å². The number of hydrogen-bond donors (Lipinski definition) is 0. The Bertz CT molecular complexity index is 3170. The zero-order valence-electron chi connectivity index (χ0n) is 30.2. The van der Waals surface area contributed by atoms with Gasteiger partial charge >= 0.3 is 0 Å². The molecule has 0 radical (unpaired) electrons. The lowest BCUT2D eigenvalue weighted by molar-refractivity contribution is 0.668. The molecular weight excluding hydrogens is 685 g/mol. The van der Waals surface area contributed by atoms with Gasteiger partial charge in [0.05, 0.1) is 11.0 Å². The molecule has 0 fully saturated rings. The van der Waals surface area contributed by atoms with E-state index < -0.39 is 0 Å². The molecule has 3 aromatic heterocycles. The molecule has 0 aliphatic carbocycles. The van der Waals surface area contributed by atoms with Gasteiger partial charge in [-0.1, -0.05) is 152 Å². The molecular formula is C51H32N4O. The van der Waals surface area contributed by atoms with Crippen molar-refractivity contribution >= 4 is 43.7 Å². The smallest absolute Gasteiger partial charge is 0.164 e. The third kappa shape index (κ3) is 5.29. The maximum atomic E-state index is 6.71. The Labute approximate surface area is 322 Å². The van der Waals surface area contributed by atoms with E-state index >= 15 is 0 Å². The van der Waals surface area contributed by atoms with E-state index in [-0.39, 0.29) is 0 Å². The predicted octanol–water partition coefficient (Wildman–Crippen LogP) is 13.2. The molecule has 0 saturated carbocycles. The third-order valence-corrected chi connectivity index (χ3v) is 10.6. The average Bonchev–Trinajstić information content (AvgIpc) is 3.82. The molecule has 0 spiro atoms. The molecule has 0 atom stereocenters. The highest BCUT2D eigenvalue weighted by molar-refractivity contribution is 6.16. The van der Waals surface area contributed by atoms with Gasteiger partial charge in [0.15, 0.2) is 17.5 Å². The number of fused-ring (bicyclic) bond motifs is 6. The van der Waals surface area contributed by atoms with Gasteiger partial charge in [0.1, 0.15) is 11.2 Å². The van der Waals surface area contributed by atoms with E-state index in [4.69, 9.17) is 19.4 Å². The maximum Gasteiger partial charge on any atom is 0.164 e. The van der Waals surface area contributed by atoms with Gasteiger partial charge in [0, 0.05) is 55.6 Å². The van der Waals surface area contributed by atoms with Gasteiger partial charge in [-0.3, -0.25) is 0 Å². The van der Waals surface area contributed by atoms with Gasteiger partial charge in [-0.25, -0.2) is 15.0 Å². The summed E-state index contributed by atoms with van der Waals surface area (Å²) in [6.07, 6.45) is 0. The van der Waals surface area contributed by atoms with Gasteiger partial charge < -0.3 is 8.98 Å². The Balaban J connectivity index is 1.14. The van der Waals surface area contributed by atoms with Crippen LogP contribution in [-0.4, -0.2) is 19.5 Å². The molecule has 0 aliphatic heterocycles. The number of hydrogen-bond acceptors (Lipinski definition) is 4. The van der Waals surface area contributed by atoms with Crippen molar-refractivity contribution in [2.24, 2.45) is 0 Å². The van der Waals surface area contributed by atoms with Crippen LogP contribution in [0.1, 0.15) is 0 Å². The quantitative estimate of drug-likeness (QED) is 0.172. The monoisotopic (exact) mass is 716 g/mol. The number of benzene rings is 8. The summed E-state index contributed by atoms with van der Waals surface area (Å²) in [6.45, 7) is 0. The molecule has 0 saturated heterocycles. The molecule has 0 amide bonds. The minimum absolute atomic E-state index is 0.596. The lowest BCUT2D eigenvalue weighted by atomic mass is 9.95. The normalized spacial score (nSPS) is 11.6. The fraction of sp³-hybridized carbons (Fsp3) is 0. The summed E-state index contributed by atoms with van der Waals surface area (Å²) in [7, 11) is 0. The van der Waals surface area contributed by atoms with Gasteiger partial charge in [0.2, 0.25) is 0 Å². The van der Waals surface area contributed by atoms with Crippen molar-refractivity contribution < 1.29 is 4.42 Å². The van der Waals surface area contributed by atoms with Crippen LogP contribution in [0.15, 0.2) is 199 Å². The molecule has 262 valence electrons. The summed E-state index contributed by atoms with van der Waals surface area (Å²) in [5.74, 6) is 1.84. The summed E-state index contributed by atoms with van der Waals surface area (Å²) in [5.41, 5.74) is 12.3. The Kier molecular flexibility index (Phi) is 7.42. The van der Waals surface area contributed by atoms with Gasteiger partial charge in [-0.2, -0.15) is 0 Å². The van der Waals surface area contributed by atoms with Crippen LogP contribution in [0.5, 0.6) is 0 Å². The first kappa shape index (κ1) is 31.9. The van der Waals surface area contributed by atoms with Crippen LogP contribution in [0, 0.1) is 0 Å². The Hall–Kier alpha value is -7.63. The summed E-state index contributed by atoms with van der Waals surface area (Å²) in [4.78, 5) is 15.0. The van der Waals surface area contributed by atoms with E-state index in [2.05, 4.69) is 126 Å². The fourth-order valence-corrected chi connectivity index (χ4v) is 8.07. The van der Waals surface area contributed by atoms with Crippen LogP contribution in [0.4, 0.5) is 0 Å². The summed E-state index contributed by atoms with van der Waals surface area (Å²) in [5, 5.41) is 4.37. The summed E-state index contributed by atoms with van der Waals surface area (Å²) < 4.78 is 9.10. The molecule has 0 unspecified atom stereocenters. The van der Waals surface area contributed by atoms with Gasteiger partial charge in [0.25, 0.3) is 0 Å². The minimum Gasteiger partial charge on any atom is -0.456 e. The number of nitrogens with zero attached hydrogens (tertiary/aromatic N) is 4. The van der Waals surface area contributed by atoms with Crippen LogP contribution >= 0.6 is 0 Å². The van der Waals surface area contributed by atoms with Crippen LogP contribution in [0.25, 0.3) is 106 Å². The van der Waals surface area contributed by atoms with Crippen molar-refractivity contribution in [3.05, 3.63) is 194 Å². The molecule has 56 heavy (non-hydrogen) atoms. The number of aromatic nitrogens is 4. The molecule has 0 bridgehead atoms. The predicted molar refractivity (Wildman–Crippen MR) is 229 cm³/mol. The Morgan fingerprint density at radius 3 is 1.62 bits per heavy atom. The molecule has 0 aliphatic rings.